The second kappa shape index (κ2) is 3.88. The molecule has 0 spiro atoms. The van der Waals surface area contributed by atoms with E-state index in [0.717, 1.165) is 23.1 Å². The molecule has 4 heteroatoms. The molecule has 1 rings (SSSR count). The van der Waals surface area contributed by atoms with Gasteiger partial charge in [-0.15, -0.1) is 0 Å². The van der Waals surface area contributed by atoms with Crippen molar-refractivity contribution in [3.63, 3.8) is 0 Å². The van der Waals surface area contributed by atoms with Crippen molar-refractivity contribution in [1.82, 2.24) is 9.97 Å². The van der Waals surface area contributed by atoms with E-state index < -0.39 is 0 Å². The SMILES string of the molecule is CCCC(N)c1nc[nH]c1Br. The van der Waals surface area contributed by atoms with Crippen molar-refractivity contribution in [3.05, 3.63) is 16.6 Å². The summed E-state index contributed by atoms with van der Waals surface area (Å²) in [4.78, 5) is 7.04. The van der Waals surface area contributed by atoms with Gasteiger partial charge in [0.25, 0.3) is 0 Å². The number of aromatic amines is 1. The fourth-order valence-electron chi connectivity index (χ4n) is 0.995. The molecule has 0 aliphatic rings. The Hall–Kier alpha value is -0.350. The molecule has 0 fully saturated rings. The van der Waals surface area contributed by atoms with E-state index in [1.165, 1.54) is 0 Å². The predicted molar refractivity (Wildman–Crippen MR) is 48.1 cm³/mol. The number of H-pyrrole nitrogens is 1. The van der Waals surface area contributed by atoms with Crippen molar-refractivity contribution in [1.29, 1.82) is 0 Å². The van der Waals surface area contributed by atoms with Crippen LogP contribution in [0.15, 0.2) is 10.9 Å². The van der Waals surface area contributed by atoms with E-state index in [1.54, 1.807) is 6.33 Å². The van der Waals surface area contributed by atoms with Crippen molar-refractivity contribution in [2.75, 3.05) is 0 Å². The number of imidazole rings is 1. The molecule has 0 aliphatic heterocycles. The first kappa shape index (κ1) is 8.74. The van der Waals surface area contributed by atoms with E-state index >= 15 is 0 Å². The average Bonchev–Trinajstić information content (AvgIpc) is 2.36. The molecule has 1 heterocycles. The van der Waals surface area contributed by atoms with Crippen LogP contribution in [-0.4, -0.2) is 9.97 Å². The summed E-state index contributed by atoms with van der Waals surface area (Å²) in [7, 11) is 0. The Morgan fingerprint density at radius 3 is 3.00 bits per heavy atom. The van der Waals surface area contributed by atoms with E-state index in [2.05, 4.69) is 32.8 Å². The van der Waals surface area contributed by atoms with Crippen LogP contribution in [0.3, 0.4) is 0 Å². The zero-order chi connectivity index (χ0) is 8.27. The van der Waals surface area contributed by atoms with Gasteiger partial charge in [0.2, 0.25) is 0 Å². The lowest BCUT2D eigenvalue weighted by atomic mass is 10.1. The number of nitrogens with two attached hydrogens (primary N) is 1. The first-order chi connectivity index (χ1) is 5.25. The molecule has 0 aromatic carbocycles. The lowest BCUT2D eigenvalue weighted by molar-refractivity contribution is 0.622. The van der Waals surface area contributed by atoms with Gasteiger partial charge in [-0.25, -0.2) is 4.98 Å². The van der Waals surface area contributed by atoms with Crippen LogP contribution in [0.5, 0.6) is 0 Å². The summed E-state index contributed by atoms with van der Waals surface area (Å²) >= 11 is 3.34. The summed E-state index contributed by atoms with van der Waals surface area (Å²) in [6.45, 7) is 2.11. The minimum Gasteiger partial charge on any atom is -0.339 e. The first-order valence-electron chi connectivity index (χ1n) is 3.70. The Balaban J connectivity index is 2.67. The summed E-state index contributed by atoms with van der Waals surface area (Å²) in [6.07, 6.45) is 3.71. The summed E-state index contributed by atoms with van der Waals surface area (Å²) in [5.74, 6) is 0. The molecule has 11 heavy (non-hydrogen) atoms. The van der Waals surface area contributed by atoms with Gasteiger partial charge in [-0.1, -0.05) is 13.3 Å². The van der Waals surface area contributed by atoms with E-state index in [9.17, 15) is 0 Å². The number of hydrogen-bond donors (Lipinski definition) is 2. The predicted octanol–water partition coefficient (Wildman–Crippen LogP) is 1.97. The Labute approximate surface area is 74.5 Å². The van der Waals surface area contributed by atoms with Gasteiger partial charge in [-0.3, -0.25) is 0 Å². The lowest BCUT2D eigenvalue weighted by Gasteiger charge is -2.06. The second-order valence-corrected chi connectivity index (χ2v) is 3.29. The Morgan fingerprint density at radius 1 is 1.82 bits per heavy atom. The minimum absolute atomic E-state index is 0.0561. The van der Waals surface area contributed by atoms with E-state index in [-0.39, 0.29) is 6.04 Å². The Kier molecular flexibility index (Phi) is 3.08. The molecular formula is C7H12BrN3. The van der Waals surface area contributed by atoms with Crippen LogP contribution in [0.1, 0.15) is 31.5 Å². The van der Waals surface area contributed by atoms with Gasteiger partial charge < -0.3 is 10.7 Å². The van der Waals surface area contributed by atoms with Crippen LogP contribution < -0.4 is 5.73 Å². The Morgan fingerprint density at radius 2 is 2.55 bits per heavy atom. The van der Waals surface area contributed by atoms with Crippen molar-refractivity contribution < 1.29 is 0 Å². The van der Waals surface area contributed by atoms with Gasteiger partial charge in [0.05, 0.1) is 12.0 Å². The van der Waals surface area contributed by atoms with E-state index in [0.29, 0.717) is 0 Å². The minimum atomic E-state index is 0.0561. The highest BCUT2D eigenvalue weighted by Crippen LogP contribution is 2.20. The maximum absolute atomic E-state index is 5.84. The zero-order valence-electron chi connectivity index (χ0n) is 6.47. The van der Waals surface area contributed by atoms with Crippen LogP contribution in [0.2, 0.25) is 0 Å². The van der Waals surface area contributed by atoms with Gasteiger partial charge in [-0.05, 0) is 22.4 Å². The molecule has 3 N–H and O–H groups in total. The molecular weight excluding hydrogens is 206 g/mol. The van der Waals surface area contributed by atoms with Gasteiger partial charge in [0.15, 0.2) is 0 Å². The summed E-state index contributed by atoms with van der Waals surface area (Å²) < 4.78 is 0.901. The largest absolute Gasteiger partial charge is 0.339 e. The molecule has 0 saturated carbocycles. The molecule has 1 aromatic heterocycles. The summed E-state index contributed by atoms with van der Waals surface area (Å²) in [5, 5.41) is 0. The molecule has 0 amide bonds. The van der Waals surface area contributed by atoms with Gasteiger partial charge in [0, 0.05) is 6.04 Å². The van der Waals surface area contributed by atoms with E-state index in [1.807, 2.05) is 0 Å². The van der Waals surface area contributed by atoms with Crippen molar-refractivity contribution in [2.24, 2.45) is 5.73 Å². The maximum Gasteiger partial charge on any atom is 0.107 e. The molecule has 0 aliphatic carbocycles. The van der Waals surface area contributed by atoms with Gasteiger partial charge in [0.1, 0.15) is 4.60 Å². The van der Waals surface area contributed by atoms with Crippen LogP contribution >= 0.6 is 15.9 Å². The van der Waals surface area contributed by atoms with Gasteiger partial charge in [-0.2, -0.15) is 0 Å². The highest BCUT2D eigenvalue weighted by molar-refractivity contribution is 9.10. The molecule has 62 valence electrons. The van der Waals surface area contributed by atoms with Gasteiger partial charge >= 0.3 is 0 Å². The standard InChI is InChI=1S/C7H12BrN3/c1-2-3-5(9)6-7(8)11-4-10-6/h4-5H,2-3,9H2,1H3,(H,10,11). The number of aromatic nitrogens is 2. The third kappa shape index (κ3) is 2.04. The van der Waals surface area contributed by atoms with Crippen LogP contribution in [0.25, 0.3) is 0 Å². The number of nitrogens with zero attached hydrogens (tertiary/aromatic N) is 1. The summed E-state index contributed by atoms with van der Waals surface area (Å²) in [5.41, 5.74) is 6.76. The zero-order valence-corrected chi connectivity index (χ0v) is 8.06. The van der Waals surface area contributed by atoms with Crippen molar-refractivity contribution in [2.45, 2.75) is 25.8 Å². The monoisotopic (exact) mass is 217 g/mol. The highest BCUT2D eigenvalue weighted by Gasteiger charge is 2.10. The third-order valence-electron chi connectivity index (χ3n) is 1.57. The molecule has 0 bridgehead atoms. The normalized spacial score (nSPS) is 13.4. The van der Waals surface area contributed by atoms with Crippen LogP contribution in [0.4, 0.5) is 0 Å². The quantitative estimate of drug-likeness (QED) is 0.814. The van der Waals surface area contributed by atoms with Crippen LogP contribution in [-0.2, 0) is 0 Å². The number of nitrogens with one attached hydrogen (secondary N) is 1. The molecule has 3 nitrogen and oxygen atoms in total. The molecule has 0 saturated heterocycles. The van der Waals surface area contributed by atoms with Crippen LogP contribution in [0, 0.1) is 0 Å². The lowest BCUT2D eigenvalue weighted by Crippen LogP contribution is -2.10. The molecule has 1 aromatic rings. The maximum atomic E-state index is 5.84. The second-order valence-electron chi connectivity index (χ2n) is 2.50. The average molecular weight is 218 g/mol. The number of rotatable bonds is 3. The summed E-state index contributed by atoms with van der Waals surface area (Å²) in [6, 6.07) is 0.0561. The highest BCUT2D eigenvalue weighted by atomic mass is 79.9. The topological polar surface area (TPSA) is 54.7 Å². The molecule has 0 radical (unpaired) electrons. The fourth-order valence-corrected chi connectivity index (χ4v) is 1.49. The Bertz CT molecular complexity index is 221. The van der Waals surface area contributed by atoms with Crippen molar-refractivity contribution >= 4 is 15.9 Å². The fraction of sp³-hybridized carbons (Fsp3) is 0.571. The first-order valence-corrected chi connectivity index (χ1v) is 4.49. The molecule has 1 atom stereocenters. The molecule has 1 unspecified atom stereocenters. The third-order valence-corrected chi connectivity index (χ3v) is 2.21. The smallest absolute Gasteiger partial charge is 0.107 e. The number of hydrogen-bond acceptors (Lipinski definition) is 2. The number of halogens is 1. The van der Waals surface area contributed by atoms with E-state index in [4.69, 9.17) is 5.73 Å². The van der Waals surface area contributed by atoms with Crippen molar-refractivity contribution in [3.8, 4) is 0 Å².